The molecule has 3 heteroatoms. The van der Waals surface area contributed by atoms with E-state index in [9.17, 15) is 0 Å². The van der Waals surface area contributed by atoms with E-state index in [-0.39, 0.29) is 6.04 Å². The highest BCUT2D eigenvalue weighted by Crippen LogP contribution is 1.96. The van der Waals surface area contributed by atoms with Crippen LogP contribution in [0.15, 0.2) is 43.0 Å². The third kappa shape index (κ3) is 4.61. The second-order valence-electron chi connectivity index (χ2n) is 3.34. The van der Waals surface area contributed by atoms with E-state index in [1.54, 1.807) is 0 Å². The standard InChI is InChI=1S/C12H16N2S/c1-3-10(2)14-12(15)13-9-11-7-5-4-6-8-11/h3-8,10H,1,9H2,2H3,(H2,13,14,15). The predicted octanol–water partition coefficient (Wildman–Crippen LogP) is 2.23. The Bertz CT molecular complexity index is 322. The van der Waals surface area contributed by atoms with Crippen molar-refractivity contribution in [3.63, 3.8) is 0 Å². The topological polar surface area (TPSA) is 24.1 Å². The predicted molar refractivity (Wildman–Crippen MR) is 68.7 cm³/mol. The first-order valence-corrected chi connectivity index (χ1v) is 5.34. The van der Waals surface area contributed by atoms with E-state index < -0.39 is 0 Å². The molecule has 0 aromatic heterocycles. The van der Waals surface area contributed by atoms with Crippen LogP contribution >= 0.6 is 12.2 Å². The lowest BCUT2D eigenvalue weighted by Crippen LogP contribution is -2.39. The van der Waals surface area contributed by atoms with Crippen LogP contribution in [0.4, 0.5) is 0 Å². The van der Waals surface area contributed by atoms with Gasteiger partial charge in [0.25, 0.3) is 0 Å². The Balaban J connectivity index is 2.31. The van der Waals surface area contributed by atoms with Gasteiger partial charge in [-0.05, 0) is 24.7 Å². The Hall–Kier alpha value is -1.35. The maximum atomic E-state index is 5.13. The van der Waals surface area contributed by atoms with Gasteiger partial charge in [0, 0.05) is 12.6 Å². The first-order chi connectivity index (χ1) is 7.22. The van der Waals surface area contributed by atoms with Crippen molar-refractivity contribution in [3.05, 3.63) is 48.6 Å². The molecule has 0 bridgehead atoms. The maximum Gasteiger partial charge on any atom is 0.167 e. The van der Waals surface area contributed by atoms with E-state index in [4.69, 9.17) is 12.2 Å². The molecule has 80 valence electrons. The molecule has 2 N–H and O–H groups in total. The molecule has 1 aromatic rings. The van der Waals surface area contributed by atoms with Gasteiger partial charge in [-0.3, -0.25) is 0 Å². The molecule has 0 aliphatic rings. The molecule has 0 fully saturated rings. The van der Waals surface area contributed by atoms with E-state index in [0.29, 0.717) is 5.11 Å². The average molecular weight is 220 g/mol. The lowest BCUT2D eigenvalue weighted by molar-refractivity contribution is 0.770. The van der Waals surface area contributed by atoms with E-state index >= 15 is 0 Å². The van der Waals surface area contributed by atoms with Crippen molar-refractivity contribution in [2.75, 3.05) is 0 Å². The zero-order valence-electron chi connectivity index (χ0n) is 8.86. The van der Waals surface area contributed by atoms with E-state index in [1.165, 1.54) is 5.56 Å². The van der Waals surface area contributed by atoms with Crippen LogP contribution in [0.1, 0.15) is 12.5 Å². The summed E-state index contributed by atoms with van der Waals surface area (Å²) in [5, 5.41) is 6.90. The van der Waals surface area contributed by atoms with Crippen molar-refractivity contribution in [2.45, 2.75) is 19.5 Å². The average Bonchev–Trinajstić information content (AvgIpc) is 2.27. The Morgan fingerprint density at radius 2 is 2.13 bits per heavy atom. The number of thiocarbonyl (C=S) groups is 1. The van der Waals surface area contributed by atoms with Crippen LogP contribution in [0.3, 0.4) is 0 Å². The minimum Gasteiger partial charge on any atom is -0.359 e. The fraction of sp³-hybridized carbons (Fsp3) is 0.250. The molecule has 1 rings (SSSR count). The lowest BCUT2D eigenvalue weighted by atomic mass is 10.2. The van der Waals surface area contributed by atoms with Gasteiger partial charge in [-0.1, -0.05) is 36.4 Å². The smallest absolute Gasteiger partial charge is 0.167 e. The van der Waals surface area contributed by atoms with Crippen molar-refractivity contribution in [1.29, 1.82) is 0 Å². The van der Waals surface area contributed by atoms with Gasteiger partial charge in [-0.15, -0.1) is 6.58 Å². The summed E-state index contributed by atoms with van der Waals surface area (Å²) in [4.78, 5) is 0. The monoisotopic (exact) mass is 220 g/mol. The highest BCUT2D eigenvalue weighted by molar-refractivity contribution is 7.80. The van der Waals surface area contributed by atoms with Crippen LogP contribution in [0, 0.1) is 0 Å². The number of hydrogen-bond acceptors (Lipinski definition) is 1. The summed E-state index contributed by atoms with van der Waals surface area (Å²) in [6.45, 7) is 6.43. The molecule has 1 atom stereocenters. The van der Waals surface area contributed by atoms with E-state index in [2.05, 4.69) is 29.3 Å². The Morgan fingerprint density at radius 1 is 1.47 bits per heavy atom. The van der Waals surface area contributed by atoms with Gasteiger partial charge in [0.1, 0.15) is 0 Å². The summed E-state index contributed by atoms with van der Waals surface area (Å²) in [6.07, 6.45) is 1.82. The molecule has 0 saturated carbocycles. The lowest BCUT2D eigenvalue weighted by Gasteiger charge is -2.13. The van der Waals surface area contributed by atoms with Crippen molar-refractivity contribution in [3.8, 4) is 0 Å². The normalized spacial score (nSPS) is 11.5. The summed E-state index contributed by atoms with van der Waals surface area (Å²) < 4.78 is 0. The molecular formula is C12H16N2S. The van der Waals surface area contributed by atoms with Crippen LogP contribution in [0.5, 0.6) is 0 Å². The molecule has 0 aliphatic heterocycles. The fourth-order valence-electron chi connectivity index (χ4n) is 1.09. The van der Waals surface area contributed by atoms with Crippen molar-refractivity contribution < 1.29 is 0 Å². The molecule has 1 unspecified atom stereocenters. The summed E-state index contributed by atoms with van der Waals surface area (Å²) in [6, 6.07) is 10.3. The van der Waals surface area contributed by atoms with Gasteiger partial charge in [0.15, 0.2) is 5.11 Å². The summed E-state index contributed by atoms with van der Waals surface area (Å²) in [5.74, 6) is 0. The van der Waals surface area contributed by atoms with Gasteiger partial charge in [-0.25, -0.2) is 0 Å². The highest BCUT2D eigenvalue weighted by atomic mass is 32.1. The zero-order valence-corrected chi connectivity index (χ0v) is 9.68. The zero-order chi connectivity index (χ0) is 11.1. The maximum absolute atomic E-state index is 5.13. The quantitative estimate of drug-likeness (QED) is 0.601. The van der Waals surface area contributed by atoms with E-state index in [0.717, 1.165) is 6.54 Å². The van der Waals surface area contributed by atoms with Gasteiger partial charge in [0.2, 0.25) is 0 Å². The number of rotatable bonds is 4. The minimum absolute atomic E-state index is 0.195. The van der Waals surface area contributed by atoms with E-state index in [1.807, 2.05) is 31.2 Å². The van der Waals surface area contributed by atoms with Crippen LogP contribution in [0.2, 0.25) is 0 Å². The molecule has 0 spiro atoms. The van der Waals surface area contributed by atoms with Crippen molar-refractivity contribution in [1.82, 2.24) is 10.6 Å². The largest absolute Gasteiger partial charge is 0.359 e. The Kier molecular flexibility index (Phi) is 4.84. The molecule has 15 heavy (non-hydrogen) atoms. The molecule has 0 amide bonds. The summed E-state index contributed by atoms with van der Waals surface area (Å²) in [7, 11) is 0. The third-order valence-corrected chi connectivity index (χ3v) is 2.27. The van der Waals surface area contributed by atoms with Crippen LogP contribution in [0.25, 0.3) is 0 Å². The summed E-state index contributed by atoms with van der Waals surface area (Å²) in [5.41, 5.74) is 1.22. The molecule has 0 aliphatic carbocycles. The van der Waals surface area contributed by atoms with Gasteiger partial charge in [0.05, 0.1) is 0 Å². The molecule has 0 radical (unpaired) electrons. The highest BCUT2D eigenvalue weighted by Gasteiger charge is 1.98. The second-order valence-corrected chi connectivity index (χ2v) is 3.75. The number of benzene rings is 1. The Labute approximate surface area is 96.4 Å². The summed E-state index contributed by atoms with van der Waals surface area (Å²) >= 11 is 5.13. The van der Waals surface area contributed by atoms with Crippen LogP contribution in [-0.2, 0) is 6.54 Å². The fourth-order valence-corrected chi connectivity index (χ4v) is 1.35. The van der Waals surface area contributed by atoms with Gasteiger partial charge < -0.3 is 10.6 Å². The molecular weight excluding hydrogens is 204 g/mol. The molecule has 0 saturated heterocycles. The Morgan fingerprint density at radius 3 is 2.73 bits per heavy atom. The van der Waals surface area contributed by atoms with Crippen molar-refractivity contribution in [2.24, 2.45) is 0 Å². The second kappa shape index (κ2) is 6.19. The third-order valence-electron chi connectivity index (χ3n) is 2.01. The first-order valence-electron chi connectivity index (χ1n) is 4.93. The number of hydrogen-bond donors (Lipinski definition) is 2. The van der Waals surface area contributed by atoms with Crippen molar-refractivity contribution >= 4 is 17.3 Å². The molecule has 2 nitrogen and oxygen atoms in total. The minimum atomic E-state index is 0.195. The van der Waals surface area contributed by atoms with Gasteiger partial charge >= 0.3 is 0 Å². The molecule has 1 aromatic carbocycles. The van der Waals surface area contributed by atoms with Crippen LogP contribution < -0.4 is 10.6 Å². The number of nitrogens with one attached hydrogen (secondary N) is 2. The molecule has 0 heterocycles. The first kappa shape index (κ1) is 11.7. The van der Waals surface area contributed by atoms with Crippen LogP contribution in [-0.4, -0.2) is 11.2 Å². The van der Waals surface area contributed by atoms with Gasteiger partial charge in [-0.2, -0.15) is 0 Å². The SMILES string of the molecule is C=CC(C)NC(=S)NCc1ccccc1.